The maximum Gasteiger partial charge on any atom is 0.517 e. The molecule has 1 aromatic carbocycles. The molecule has 188 valence electrons. The predicted molar refractivity (Wildman–Crippen MR) is 131 cm³/mol. The van der Waals surface area contributed by atoms with Crippen LogP contribution in [0.25, 0.3) is 11.3 Å². The number of aromatic nitrogens is 2. The number of ether oxygens (including phenoxy) is 3. The van der Waals surface area contributed by atoms with E-state index in [1.807, 2.05) is 6.92 Å². The Morgan fingerprint density at radius 1 is 1.20 bits per heavy atom. The maximum atomic E-state index is 12.3. The number of carbonyl (C=O) groups is 2. The van der Waals surface area contributed by atoms with Crippen LogP contribution in [0.5, 0.6) is 5.75 Å². The van der Waals surface area contributed by atoms with Crippen LogP contribution in [0, 0.1) is 17.2 Å². The number of rotatable bonds is 7. The lowest BCUT2D eigenvalue weighted by Gasteiger charge is -2.26. The average molecular weight is 484 g/mol. The standard InChI is InChI=1S/C25H33N5O5/c1-16(2)13-25(6,27)15-33-20-9-8-17(12-18(20)14-26)19-10-11-28-21(29-19)30(7)22(31)34-23(32)35-24(3,4)5/h8-12,16H,13,15,27H2,1-7H3/t25-/m0/s1. The van der Waals surface area contributed by atoms with Crippen molar-refractivity contribution in [1.82, 2.24) is 9.97 Å². The first kappa shape index (κ1) is 27.5. The maximum absolute atomic E-state index is 12.3. The van der Waals surface area contributed by atoms with Crippen molar-refractivity contribution in [3.63, 3.8) is 0 Å². The predicted octanol–water partition coefficient (Wildman–Crippen LogP) is 4.67. The quantitative estimate of drug-likeness (QED) is 0.439. The van der Waals surface area contributed by atoms with Crippen LogP contribution in [0.4, 0.5) is 15.5 Å². The summed E-state index contributed by atoms with van der Waals surface area (Å²) in [7, 11) is 1.37. The third kappa shape index (κ3) is 8.54. The molecule has 1 amide bonds. The van der Waals surface area contributed by atoms with E-state index < -0.39 is 23.4 Å². The molecule has 0 aliphatic carbocycles. The number of carbonyl (C=O) groups excluding carboxylic acids is 2. The SMILES string of the molecule is CC(C)C[C@](C)(N)COc1ccc(-c2ccnc(N(C)C(=O)OC(=O)OC(C)(C)C)n2)cc1C#N. The third-order valence-corrected chi connectivity index (χ3v) is 4.60. The number of nitrogens with two attached hydrogens (primary N) is 1. The van der Waals surface area contributed by atoms with E-state index in [4.69, 9.17) is 19.9 Å². The van der Waals surface area contributed by atoms with E-state index in [2.05, 4.69) is 29.9 Å². The summed E-state index contributed by atoms with van der Waals surface area (Å²) in [4.78, 5) is 33.5. The molecule has 0 radical (unpaired) electrons. The van der Waals surface area contributed by atoms with Gasteiger partial charge in [0, 0.05) is 24.3 Å². The van der Waals surface area contributed by atoms with Crippen molar-refractivity contribution in [2.75, 3.05) is 18.6 Å². The number of anilines is 1. The summed E-state index contributed by atoms with van der Waals surface area (Å²) in [5.41, 5.74) is 6.37. The fourth-order valence-electron chi connectivity index (χ4n) is 3.30. The fourth-order valence-corrected chi connectivity index (χ4v) is 3.30. The highest BCUT2D eigenvalue weighted by Crippen LogP contribution is 2.27. The number of benzene rings is 1. The Morgan fingerprint density at radius 3 is 2.49 bits per heavy atom. The van der Waals surface area contributed by atoms with E-state index in [-0.39, 0.29) is 12.6 Å². The molecule has 10 heteroatoms. The molecule has 0 spiro atoms. The van der Waals surface area contributed by atoms with Gasteiger partial charge in [0.05, 0.1) is 11.3 Å². The molecule has 2 N–H and O–H groups in total. The zero-order valence-corrected chi connectivity index (χ0v) is 21.3. The molecule has 2 aromatic rings. The highest BCUT2D eigenvalue weighted by Gasteiger charge is 2.25. The monoisotopic (exact) mass is 483 g/mol. The lowest BCUT2D eigenvalue weighted by molar-refractivity contribution is 0.0102. The molecule has 1 atom stereocenters. The summed E-state index contributed by atoms with van der Waals surface area (Å²) in [6.07, 6.45) is 0.114. The molecule has 0 aliphatic rings. The largest absolute Gasteiger partial charge is 0.517 e. The topological polar surface area (TPSA) is 141 Å². The van der Waals surface area contributed by atoms with Crippen LogP contribution in [0.15, 0.2) is 30.5 Å². The van der Waals surface area contributed by atoms with Crippen LogP contribution in [0.2, 0.25) is 0 Å². The number of nitrogens with zero attached hydrogens (tertiary/aromatic N) is 4. The Morgan fingerprint density at radius 2 is 1.89 bits per heavy atom. The minimum Gasteiger partial charge on any atom is -0.490 e. The molecular formula is C25H33N5O5. The average Bonchev–Trinajstić information content (AvgIpc) is 2.74. The van der Waals surface area contributed by atoms with Crippen LogP contribution in [0.3, 0.4) is 0 Å². The first-order valence-electron chi connectivity index (χ1n) is 11.2. The summed E-state index contributed by atoms with van der Waals surface area (Å²) < 4.78 is 15.5. The first-order valence-corrected chi connectivity index (χ1v) is 11.2. The van der Waals surface area contributed by atoms with Gasteiger partial charge in [-0.1, -0.05) is 13.8 Å². The van der Waals surface area contributed by atoms with Gasteiger partial charge in [-0.2, -0.15) is 5.26 Å². The number of hydrogen-bond donors (Lipinski definition) is 1. The van der Waals surface area contributed by atoms with Crippen molar-refractivity contribution in [3.05, 3.63) is 36.0 Å². The van der Waals surface area contributed by atoms with Gasteiger partial charge in [0.2, 0.25) is 5.95 Å². The molecule has 35 heavy (non-hydrogen) atoms. The van der Waals surface area contributed by atoms with E-state index in [0.717, 1.165) is 11.3 Å². The molecular weight excluding hydrogens is 450 g/mol. The van der Waals surface area contributed by atoms with Crippen molar-refractivity contribution in [1.29, 1.82) is 5.26 Å². The van der Waals surface area contributed by atoms with Crippen LogP contribution in [-0.2, 0) is 9.47 Å². The van der Waals surface area contributed by atoms with E-state index in [1.54, 1.807) is 45.0 Å². The highest BCUT2D eigenvalue weighted by atomic mass is 16.8. The Kier molecular flexibility index (Phi) is 8.77. The summed E-state index contributed by atoms with van der Waals surface area (Å²) in [5.74, 6) is 0.837. The zero-order chi connectivity index (χ0) is 26.4. The molecule has 1 aromatic heterocycles. The van der Waals surface area contributed by atoms with Gasteiger partial charge in [0.15, 0.2) is 0 Å². The van der Waals surface area contributed by atoms with Crippen molar-refractivity contribution < 1.29 is 23.8 Å². The Bertz CT molecular complexity index is 1100. The molecule has 1 heterocycles. The van der Waals surface area contributed by atoms with Gasteiger partial charge in [0.25, 0.3) is 0 Å². The van der Waals surface area contributed by atoms with Crippen molar-refractivity contribution in [2.45, 2.75) is 59.1 Å². The van der Waals surface area contributed by atoms with Gasteiger partial charge in [-0.15, -0.1) is 0 Å². The summed E-state index contributed by atoms with van der Waals surface area (Å²) in [6.45, 7) is 11.3. The lowest BCUT2D eigenvalue weighted by atomic mass is 9.93. The van der Waals surface area contributed by atoms with E-state index in [0.29, 0.717) is 28.5 Å². The smallest absolute Gasteiger partial charge is 0.490 e. The molecule has 2 rings (SSSR count). The molecule has 0 saturated heterocycles. The Labute approximate surface area is 206 Å². The molecule has 10 nitrogen and oxygen atoms in total. The second-order valence-corrected chi connectivity index (χ2v) is 10.00. The molecule has 0 fully saturated rings. The lowest BCUT2D eigenvalue weighted by Crippen LogP contribution is -2.43. The number of hydrogen-bond acceptors (Lipinski definition) is 9. The third-order valence-electron chi connectivity index (χ3n) is 4.60. The van der Waals surface area contributed by atoms with E-state index >= 15 is 0 Å². The Hall–Kier alpha value is -3.71. The normalized spacial score (nSPS) is 12.9. The van der Waals surface area contributed by atoms with Gasteiger partial charge < -0.3 is 19.9 Å². The molecule has 0 bridgehead atoms. The van der Waals surface area contributed by atoms with Crippen LogP contribution < -0.4 is 15.4 Å². The van der Waals surface area contributed by atoms with Crippen molar-refractivity contribution in [3.8, 4) is 23.1 Å². The Balaban J connectivity index is 2.18. The number of nitriles is 1. The minimum absolute atomic E-state index is 0.00229. The highest BCUT2D eigenvalue weighted by molar-refractivity contribution is 5.91. The molecule has 0 aliphatic heterocycles. The summed E-state index contributed by atoms with van der Waals surface area (Å²) >= 11 is 0. The van der Waals surface area contributed by atoms with E-state index in [1.165, 1.54) is 13.2 Å². The van der Waals surface area contributed by atoms with Gasteiger partial charge in [0.1, 0.15) is 24.0 Å². The number of amides is 1. The van der Waals surface area contributed by atoms with Crippen molar-refractivity contribution >= 4 is 18.2 Å². The second kappa shape index (κ2) is 11.1. The fraction of sp³-hybridized carbons (Fsp3) is 0.480. The summed E-state index contributed by atoms with van der Waals surface area (Å²) in [5, 5.41) is 9.64. The van der Waals surface area contributed by atoms with Crippen molar-refractivity contribution in [2.24, 2.45) is 11.7 Å². The van der Waals surface area contributed by atoms with Gasteiger partial charge in [-0.25, -0.2) is 24.5 Å². The zero-order valence-electron chi connectivity index (χ0n) is 21.3. The van der Waals surface area contributed by atoms with Crippen LogP contribution in [-0.4, -0.2) is 47.0 Å². The molecule has 0 saturated carbocycles. The summed E-state index contributed by atoms with van der Waals surface area (Å²) in [6, 6.07) is 8.83. The van der Waals surface area contributed by atoms with Gasteiger partial charge in [-0.05, 0) is 64.3 Å². The second-order valence-electron chi connectivity index (χ2n) is 10.00. The van der Waals surface area contributed by atoms with Gasteiger partial charge in [-0.3, -0.25) is 0 Å². The van der Waals surface area contributed by atoms with E-state index in [9.17, 15) is 14.9 Å². The molecule has 0 unspecified atom stereocenters. The van der Waals surface area contributed by atoms with Crippen LogP contribution >= 0.6 is 0 Å². The van der Waals surface area contributed by atoms with Gasteiger partial charge >= 0.3 is 12.2 Å². The van der Waals surface area contributed by atoms with Crippen LogP contribution in [0.1, 0.15) is 53.5 Å². The minimum atomic E-state index is -1.12. The first-order chi connectivity index (χ1) is 16.2.